The highest BCUT2D eigenvalue weighted by Gasteiger charge is 2.08. The average molecular weight is 260 g/mol. The van der Waals surface area contributed by atoms with E-state index in [1.165, 1.54) is 5.56 Å². The van der Waals surface area contributed by atoms with Gasteiger partial charge in [-0.2, -0.15) is 0 Å². The van der Waals surface area contributed by atoms with Gasteiger partial charge in [0.15, 0.2) is 0 Å². The maximum atomic E-state index is 10.1. The van der Waals surface area contributed by atoms with Crippen LogP contribution < -0.4 is 10.1 Å². The fraction of sp³-hybridized carbons (Fsp3) is 0.333. The minimum atomic E-state index is -0.529. The molecule has 0 spiro atoms. The quantitative estimate of drug-likeness (QED) is 0.833. The van der Waals surface area contributed by atoms with E-state index in [4.69, 9.17) is 4.74 Å². The summed E-state index contributed by atoms with van der Waals surface area (Å²) in [6.07, 6.45) is 3.54. The van der Waals surface area contributed by atoms with Crippen LogP contribution in [0.2, 0.25) is 0 Å². The smallest absolute Gasteiger partial charge is 0.119 e. The minimum absolute atomic E-state index is 0.516. The van der Waals surface area contributed by atoms with E-state index in [-0.39, 0.29) is 0 Å². The summed E-state index contributed by atoms with van der Waals surface area (Å²) in [5.41, 5.74) is 2.07. The van der Waals surface area contributed by atoms with E-state index in [9.17, 15) is 5.11 Å². The molecule has 0 fully saturated rings. The second kappa shape index (κ2) is 6.41. The Morgan fingerprint density at radius 1 is 1.37 bits per heavy atom. The van der Waals surface area contributed by atoms with Gasteiger partial charge in [-0.15, -0.1) is 0 Å². The fourth-order valence-electron chi connectivity index (χ4n) is 1.99. The van der Waals surface area contributed by atoms with E-state index < -0.39 is 6.10 Å². The fourth-order valence-corrected chi connectivity index (χ4v) is 1.99. The Hall–Kier alpha value is -1.78. The molecule has 0 saturated carbocycles. The molecule has 1 unspecified atom stereocenters. The number of nitrogens with one attached hydrogen (secondary N) is 1. The van der Waals surface area contributed by atoms with Gasteiger partial charge in [-0.05, 0) is 29.3 Å². The van der Waals surface area contributed by atoms with Crippen molar-refractivity contribution < 1.29 is 9.84 Å². The molecular weight excluding hydrogens is 240 g/mol. The highest BCUT2D eigenvalue weighted by molar-refractivity contribution is 5.29. The Morgan fingerprint density at radius 3 is 2.89 bits per heavy atom. The molecule has 0 aliphatic heterocycles. The summed E-state index contributed by atoms with van der Waals surface area (Å²) in [4.78, 5) is 0. The lowest BCUT2D eigenvalue weighted by molar-refractivity contribution is 0.174. The molecule has 1 aromatic heterocycles. The van der Waals surface area contributed by atoms with Gasteiger partial charge in [-0.1, -0.05) is 12.1 Å². The van der Waals surface area contributed by atoms with Crippen LogP contribution in [-0.2, 0) is 13.6 Å². The van der Waals surface area contributed by atoms with E-state index in [1.807, 2.05) is 42.1 Å². The van der Waals surface area contributed by atoms with Crippen molar-refractivity contribution in [3.05, 3.63) is 53.9 Å². The van der Waals surface area contributed by atoms with E-state index >= 15 is 0 Å². The van der Waals surface area contributed by atoms with Gasteiger partial charge >= 0.3 is 0 Å². The van der Waals surface area contributed by atoms with Crippen LogP contribution in [0.15, 0.2) is 42.7 Å². The SMILES string of the molecule is COc1cccc(C(O)CNCc2ccn(C)c2)c1. The van der Waals surface area contributed by atoms with Crippen molar-refractivity contribution in [1.82, 2.24) is 9.88 Å². The summed E-state index contributed by atoms with van der Waals surface area (Å²) in [5, 5.41) is 13.3. The molecule has 2 rings (SSSR count). The largest absolute Gasteiger partial charge is 0.497 e. The Bertz CT molecular complexity index is 522. The summed E-state index contributed by atoms with van der Waals surface area (Å²) in [5.74, 6) is 0.764. The topological polar surface area (TPSA) is 46.4 Å². The molecule has 0 radical (unpaired) electrons. The number of aromatic nitrogens is 1. The van der Waals surface area contributed by atoms with Crippen molar-refractivity contribution >= 4 is 0 Å². The van der Waals surface area contributed by atoms with Gasteiger partial charge in [0.25, 0.3) is 0 Å². The number of ether oxygens (including phenoxy) is 1. The van der Waals surface area contributed by atoms with Gasteiger partial charge in [-0.25, -0.2) is 0 Å². The van der Waals surface area contributed by atoms with Gasteiger partial charge in [0.05, 0.1) is 13.2 Å². The van der Waals surface area contributed by atoms with Crippen molar-refractivity contribution in [2.45, 2.75) is 12.6 Å². The molecule has 0 aliphatic rings. The molecule has 0 amide bonds. The number of nitrogens with zero attached hydrogens (tertiary/aromatic N) is 1. The molecule has 0 saturated heterocycles. The molecule has 1 heterocycles. The van der Waals surface area contributed by atoms with Crippen LogP contribution in [-0.4, -0.2) is 23.3 Å². The minimum Gasteiger partial charge on any atom is -0.497 e. The molecule has 4 nitrogen and oxygen atoms in total. The van der Waals surface area contributed by atoms with Crippen LogP contribution in [0.1, 0.15) is 17.2 Å². The molecule has 1 aromatic carbocycles. The van der Waals surface area contributed by atoms with Crippen LogP contribution in [0.5, 0.6) is 5.75 Å². The highest BCUT2D eigenvalue weighted by atomic mass is 16.5. The molecule has 102 valence electrons. The average Bonchev–Trinajstić information content (AvgIpc) is 2.84. The highest BCUT2D eigenvalue weighted by Crippen LogP contribution is 2.18. The molecule has 2 aromatic rings. The lowest BCUT2D eigenvalue weighted by Gasteiger charge is -2.12. The number of methoxy groups -OCH3 is 1. The first-order valence-corrected chi connectivity index (χ1v) is 6.32. The zero-order valence-corrected chi connectivity index (χ0v) is 11.3. The predicted molar refractivity (Wildman–Crippen MR) is 75.1 cm³/mol. The number of hydrogen-bond donors (Lipinski definition) is 2. The number of aliphatic hydroxyl groups is 1. The molecule has 4 heteroatoms. The summed E-state index contributed by atoms with van der Waals surface area (Å²) >= 11 is 0. The summed E-state index contributed by atoms with van der Waals surface area (Å²) in [6, 6.07) is 9.57. The maximum absolute atomic E-state index is 10.1. The Kier molecular flexibility index (Phi) is 4.60. The van der Waals surface area contributed by atoms with E-state index in [1.54, 1.807) is 7.11 Å². The van der Waals surface area contributed by atoms with Crippen molar-refractivity contribution in [3.63, 3.8) is 0 Å². The van der Waals surface area contributed by atoms with E-state index in [0.29, 0.717) is 6.54 Å². The van der Waals surface area contributed by atoms with Gasteiger partial charge in [-0.3, -0.25) is 0 Å². The van der Waals surface area contributed by atoms with Crippen LogP contribution in [0.25, 0.3) is 0 Å². The number of aryl methyl sites for hydroxylation is 1. The zero-order chi connectivity index (χ0) is 13.7. The van der Waals surface area contributed by atoms with Crippen molar-refractivity contribution in [1.29, 1.82) is 0 Å². The summed E-state index contributed by atoms with van der Waals surface area (Å²) in [6.45, 7) is 1.27. The van der Waals surface area contributed by atoms with Crippen molar-refractivity contribution in [2.24, 2.45) is 7.05 Å². The first-order valence-electron chi connectivity index (χ1n) is 6.32. The Morgan fingerprint density at radius 2 is 2.21 bits per heavy atom. The molecule has 0 aliphatic carbocycles. The monoisotopic (exact) mass is 260 g/mol. The number of hydrogen-bond acceptors (Lipinski definition) is 3. The van der Waals surface area contributed by atoms with Crippen LogP contribution >= 0.6 is 0 Å². The van der Waals surface area contributed by atoms with Gasteiger partial charge in [0.2, 0.25) is 0 Å². The van der Waals surface area contributed by atoms with Gasteiger partial charge in [0.1, 0.15) is 5.75 Å². The lowest BCUT2D eigenvalue weighted by Crippen LogP contribution is -2.20. The Balaban J connectivity index is 1.85. The summed E-state index contributed by atoms with van der Waals surface area (Å²) in [7, 11) is 3.62. The number of aliphatic hydroxyl groups excluding tert-OH is 1. The summed E-state index contributed by atoms with van der Waals surface area (Å²) < 4.78 is 7.16. The van der Waals surface area contributed by atoms with Crippen LogP contribution in [0, 0.1) is 0 Å². The molecular formula is C15H20N2O2. The maximum Gasteiger partial charge on any atom is 0.119 e. The first kappa shape index (κ1) is 13.6. The standard InChI is InChI=1S/C15H20N2O2/c1-17-7-6-12(11-17)9-16-10-15(18)13-4-3-5-14(8-13)19-2/h3-8,11,15-16,18H,9-10H2,1-2H3. The normalized spacial score (nSPS) is 12.4. The van der Waals surface area contributed by atoms with Crippen LogP contribution in [0.3, 0.4) is 0 Å². The second-order valence-electron chi connectivity index (χ2n) is 4.61. The lowest BCUT2D eigenvalue weighted by atomic mass is 10.1. The molecule has 1 atom stereocenters. The Labute approximate surface area is 113 Å². The van der Waals surface area contributed by atoms with Crippen molar-refractivity contribution in [3.8, 4) is 5.75 Å². The third-order valence-corrected chi connectivity index (χ3v) is 3.04. The first-order chi connectivity index (χ1) is 9.19. The van der Waals surface area contributed by atoms with Gasteiger partial charge in [0, 0.05) is 32.5 Å². The van der Waals surface area contributed by atoms with Gasteiger partial charge < -0.3 is 19.7 Å². The van der Waals surface area contributed by atoms with Crippen LogP contribution in [0.4, 0.5) is 0 Å². The predicted octanol–water partition coefficient (Wildman–Crippen LogP) is 1.86. The molecule has 19 heavy (non-hydrogen) atoms. The molecule has 2 N–H and O–H groups in total. The molecule has 0 bridgehead atoms. The van der Waals surface area contributed by atoms with E-state index in [0.717, 1.165) is 17.9 Å². The number of benzene rings is 1. The van der Waals surface area contributed by atoms with Crippen molar-refractivity contribution in [2.75, 3.05) is 13.7 Å². The third kappa shape index (κ3) is 3.84. The number of rotatable bonds is 6. The van der Waals surface area contributed by atoms with E-state index in [2.05, 4.69) is 17.6 Å². The third-order valence-electron chi connectivity index (χ3n) is 3.04. The zero-order valence-electron chi connectivity index (χ0n) is 11.3. The second-order valence-corrected chi connectivity index (χ2v) is 4.61.